The van der Waals surface area contributed by atoms with E-state index in [1.807, 2.05) is 41.8 Å². The second kappa shape index (κ2) is 8.95. The summed E-state index contributed by atoms with van der Waals surface area (Å²) in [4.78, 5) is 16.3. The third kappa shape index (κ3) is 4.43. The molecule has 2 aromatic rings. The maximum atomic E-state index is 13.0. The smallest absolute Gasteiger partial charge is 0.253 e. The van der Waals surface area contributed by atoms with E-state index in [0.29, 0.717) is 17.2 Å². The van der Waals surface area contributed by atoms with Gasteiger partial charge in [0.15, 0.2) is 0 Å². The molecule has 1 amide bonds. The van der Waals surface area contributed by atoms with Crippen molar-refractivity contribution < 1.29 is 4.79 Å². The molecule has 0 N–H and O–H groups in total. The summed E-state index contributed by atoms with van der Waals surface area (Å²) in [5.74, 6) is 0.291. The summed E-state index contributed by atoms with van der Waals surface area (Å²) in [5, 5.41) is 9.05. The summed E-state index contributed by atoms with van der Waals surface area (Å²) in [6, 6.07) is 11.6. The summed E-state index contributed by atoms with van der Waals surface area (Å²) in [6.07, 6.45) is 3.05. The lowest BCUT2D eigenvalue weighted by molar-refractivity contribution is -0.130. The van der Waals surface area contributed by atoms with Gasteiger partial charge in [0.2, 0.25) is 0 Å². The van der Waals surface area contributed by atoms with Gasteiger partial charge in [-0.05, 0) is 42.0 Å². The molecule has 2 aliphatic rings. The number of benzene rings is 1. The first-order valence-electron chi connectivity index (χ1n) is 9.22. The Kier molecular flexibility index (Phi) is 6.35. The molecule has 4 nitrogen and oxygen atoms in total. The lowest BCUT2D eigenvalue weighted by Crippen LogP contribution is -2.30. The van der Waals surface area contributed by atoms with Gasteiger partial charge in [0.05, 0.1) is 22.4 Å². The Morgan fingerprint density at radius 1 is 1.25 bits per heavy atom. The molecule has 8 heteroatoms. The SMILES string of the molecule is O=C(CSC(=S)N1CCCC1)N1N=C(c2cccs2)C[C@@H]1c1ccc(Cl)cc1. The second-order valence-corrected chi connectivity index (χ2v) is 9.78. The largest absolute Gasteiger partial charge is 0.358 e. The van der Waals surface area contributed by atoms with Crippen molar-refractivity contribution in [3.8, 4) is 0 Å². The van der Waals surface area contributed by atoms with Crippen LogP contribution in [0.1, 0.15) is 35.7 Å². The average molecular weight is 450 g/mol. The van der Waals surface area contributed by atoms with Crippen LogP contribution in [0.25, 0.3) is 0 Å². The zero-order valence-electron chi connectivity index (χ0n) is 15.2. The van der Waals surface area contributed by atoms with Gasteiger partial charge in [-0.15, -0.1) is 11.3 Å². The van der Waals surface area contributed by atoms with Gasteiger partial charge < -0.3 is 4.90 Å². The van der Waals surface area contributed by atoms with Gasteiger partial charge in [-0.1, -0.05) is 53.8 Å². The number of thiocarbonyl (C=S) groups is 1. The van der Waals surface area contributed by atoms with Crippen molar-refractivity contribution in [3.63, 3.8) is 0 Å². The Balaban J connectivity index is 1.50. The van der Waals surface area contributed by atoms with Gasteiger partial charge in [-0.25, -0.2) is 5.01 Å². The number of nitrogens with zero attached hydrogens (tertiary/aromatic N) is 3. The van der Waals surface area contributed by atoms with Gasteiger partial charge in [0.25, 0.3) is 5.91 Å². The molecule has 0 bridgehead atoms. The zero-order chi connectivity index (χ0) is 19.5. The number of halogens is 1. The first kappa shape index (κ1) is 19.9. The van der Waals surface area contributed by atoms with Crippen LogP contribution in [0.2, 0.25) is 5.02 Å². The molecule has 0 spiro atoms. The maximum Gasteiger partial charge on any atom is 0.253 e. The Morgan fingerprint density at radius 2 is 2.00 bits per heavy atom. The third-order valence-corrected chi connectivity index (χ3v) is 7.59. The predicted molar refractivity (Wildman–Crippen MR) is 122 cm³/mol. The Bertz CT molecular complexity index is 877. The standard InChI is InChI=1S/C20H20ClN3OS3/c21-15-7-5-14(6-8-15)17-12-16(18-4-3-11-27-18)22-24(17)19(25)13-28-20(26)23-9-1-2-10-23/h3-8,11,17H,1-2,9-10,12-13H2/t17-/m1/s1. The van der Waals surface area contributed by atoms with E-state index >= 15 is 0 Å². The van der Waals surface area contributed by atoms with Crippen molar-refractivity contribution in [1.82, 2.24) is 9.91 Å². The number of rotatable bonds is 4. The highest BCUT2D eigenvalue weighted by Crippen LogP contribution is 2.34. The Hall–Kier alpha value is -1.41. The molecule has 2 aliphatic heterocycles. The number of hydrazone groups is 1. The zero-order valence-corrected chi connectivity index (χ0v) is 18.4. The summed E-state index contributed by atoms with van der Waals surface area (Å²) < 4.78 is 0.815. The van der Waals surface area contributed by atoms with Crippen LogP contribution < -0.4 is 0 Å². The van der Waals surface area contributed by atoms with Gasteiger partial charge in [0, 0.05) is 24.5 Å². The number of carbonyl (C=O) groups excluding carboxylic acids is 1. The fourth-order valence-corrected chi connectivity index (χ4v) is 5.41. The topological polar surface area (TPSA) is 35.9 Å². The van der Waals surface area contributed by atoms with Crippen molar-refractivity contribution in [3.05, 3.63) is 57.2 Å². The second-order valence-electron chi connectivity index (χ2n) is 6.78. The van der Waals surface area contributed by atoms with E-state index in [4.69, 9.17) is 28.9 Å². The maximum absolute atomic E-state index is 13.0. The number of likely N-dealkylation sites (tertiary alicyclic amines) is 1. The van der Waals surface area contributed by atoms with Crippen molar-refractivity contribution in [2.45, 2.75) is 25.3 Å². The van der Waals surface area contributed by atoms with Crippen molar-refractivity contribution in [2.75, 3.05) is 18.8 Å². The Labute approximate surface area is 183 Å². The molecule has 0 radical (unpaired) electrons. The molecular formula is C20H20ClN3OS3. The number of amides is 1. The first-order chi connectivity index (χ1) is 13.6. The van der Waals surface area contributed by atoms with Crippen LogP contribution in [-0.2, 0) is 4.79 Å². The number of carbonyl (C=O) groups is 1. The van der Waals surface area contributed by atoms with E-state index in [2.05, 4.69) is 4.90 Å². The van der Waals surface area contributed by atoms with E-state index in [1.54, 1.807) is 16.3 Å². The molecule has 4 rings (SSSR count). The predicted octanol–water partition coefficient (Wildman–Crippen LogP) is 5.19. The highest BCUT2D eigenvalue weighted by molar-refractivity contribution is 8.23. The van der Waals surface area contributed by atoms with Crippen molar-refractivity contribution >= 4 is 62.9 Å². The molecule has 1 fully saturated rings. The van der Waals surface area contributed by atoms with Crippen LogP contribution in [0.3, 0.4) is 0 Å². The van der Waals surface area contributed by atoms with Crippen molar-refractivity contribution in [2.24, 2.45) is 5.10 Å². The van der Waals surface area contributed by atoms with Crippen LogP contribution in [0.5, 0.6) is 0 Å². The number of hydrogen-bond donors (Lipinski definition) is 0. The van der Waals surface area contributed by atoms with E-state index in [-0.39, 0.29) is 11.9 Å². The number of hydrogen-bond acceptors (Lipinski definition) is 5. The van der Waals surface area contributed by atoms with Crippen molar-refractivity contribution in [1.29, 1.82) is 0 Å². The van der Waals surface area contributed by atoms with Gasteiger partial charge in [-0.3, -0.25) is 4.79 Å². The van der Waals surface area contributed by atoms with Crippen LogP contribution >= 0.6 is 46.9 Å². The van der Waals surface area contributed by atoms with Crippen LogP contribution in [0.15, 0.2) is 46.9 Å². The molecule has 3 heterocycles. The van der Waals surface area contributed by atoms with E-state index < -0.39 is 0 Å². The summed E-state index contributed by atoms with van der Waals surface area (Å²) in [6.45, 7) is 2.00. The van der Waals surface area contributed by atoms with E-state index in [1.165, 1.54) is 24.6 Å². The molecule has 0 unspecified atom stereocenters. The molecule has 146 valence electrons. The molecule has 1 saturated heterocycles. The van der Waals surface area contributed by atoms with Crippen LogP contribution in [0.4, 0.5) is 0 Å². The molecule has 0 aliphatic carbocycles. The monoisotopic (exact) mass is 449 g/mol. The van der Waals surface area contributed by atoms with Gasteiger partial charge >= 0.3 is 0 Å². The molecule has 1 aromatic carbocycles. The fourth-order valence-electron chi connectivity index (χ4n) is 3.46. The normalized spacial score (nSPS) is 19.2. The third-order valence-electron chi connectivity index (χ3n) is 4.91. The highest BCUT2D eigenvalue weighted by Gasteiger charge is 2.33. The minimum atomic E-state index is -0.108. The molecule has 0 saturated carbocycles. The summed E-state index contributed by atoms with van der Waals surface area (Å²) >= 11 is 14.6. The molecule has 1 atom stereocenters. The molecule has 1 aromatic heterocycles. The fraction of sp³-hybridized carbons (Fsp3) is 0.350. The molecular weight excluding hydrogens is 430 g/mol. The number of thioether (sulfide) groups is 1. The van der Waals surface area contributed by atoms with Gasteiger partial charge in [-0.2, -0.15) is 5.10 Å². The van der Waals surface area contributed by atoms with Gasteiger partial charge in [0.1, 0.15) is 4.32 Å². The Morgan fingerprint density at radius 3 is 2.68 bits per heavy atom. The van der Waals surface area contributed by atoms with E-state index in [9.17, 15) is 4.79 Å². The van der Waals surface area contributed by atoms with Crippen LogP contribution in [-0.4, -0.2) is 44.7 Å². The first-order valence-corrected chi connectivity index (χ1v) is 11.9. The lowest BCUT2D eigenvalue weighted by atomic mass is 10.0. The lowest BCUT2D eigenvalue weighted by Gasteiger charge is -2.23. The summed E-state index contributed by atoms with van der Waals surface area (Å²) in [7, 11) is 0. The minimum absolute atomic E-state index is 0.0157. The number of thiophene rings is 1. The average Bonchev–Trinajstić information content (AvgIpc) is 3.47. The van der Waals surface area contributed by atoms with E-state index in [0.717, 1.165) is 33.6 Å². The minimum Gasteiger partial charge on any atom is -0.358 e. The quantitative estimate of drug-likeness (QED) is 0.601. The molecule has 28 heavy (non-hydrogen) atoms. The van der Waals surface area contributed by atoms with Crippen LogP contribution in [0, 0.1) is 0 Å². The highest BCUT2D eigenvalue weighted by atomic mass is 35.5. The summed E-state index contributed by atoms with van der Waals surface area (Å²) in [5.41, 5.74) is 2.00.